The summed E-state index contributed by atoms with van der Waals surface area (Å²) in [6.45, 7) is 5.83. The molecule has 1 saturated heterocycles. The summed E-state index contributed by atoms with van der Waals surface area (Å²) in [4.78, 5) is 18.2. The van der Waals surface area contributed by atoms with Crippen LogP contribution >= 0.6 is 23.2 Å². The number of halogens is 2. The SMILES string of the molecule is CC1CC(C)CN(C(=O)c2nc(Cl)ccc2Cl)C1. The molecule has 3 nitrogen and oxygen atoms in total. The zero-order chi connectivity index (χ0) is 13.3. The highest BCUT2D eigenvalue weighted by Crippen LogP contribution is 2.24. The first-order chi connectivity index (χ1) is 8.47. The molecule has 0 aliphatic carbocycles. The Bertz CT molecular complexity index is 454. The van der Waals surface area contributed by atoms with E-state index in [1.54, 1.807) is 12.1 Å². The highest BCUT2D eigenvalue weighted by Gasteiger charge is 2.28. The zero-order valence-electron chi connectivity index (χ0n) is 10.5. The van der Waals surface area contributed by atoms with E-state index in [1.807, 2.05) is 4.90 Å². The van der Waals surface area contributed by atoms with Crippen LogP contribution in [0.25, 0.3) is 0 Å². The second-order valence-electron chi connectivity index (χ2n) is 5.12. The fourth-order valence-corrected chi connectivity index (χ4v) is 2.88. The number of likely N-dealkylation sites (tertiary alicyclic amines) is 1. The molecule has 0 N–H and O–H groups in total. The van der Waals surface area contributed by atoms with Crippen LogP contribution in [0.15, 0.2) is 12.1 Å². The maximum atomic E-state index is 12.4. The number of piperidine rings is 1. The molecule has 1 aliphatic heterocycles. The summed E-state index contributed by atoms with van der Waals surface area (Å²) in [7, 11) is 0. The molecule has 1 amide bonds. The number of hydrogen-bond donors (Lipinski definition) is 0. The molecule has 2 atom stereocenters. The summed E-state index contributed by atoms with van der Waals surface area (Å²) in [5.74, 6) is 0.896. The average molecular weight is 287 g/mol. The van der Waals surface area contributed by atoms with Crippen LogP contribution in [-0.2, 0) is 0 Å². The number of carbonyl (C=O) groups excluding carboxylic acids is 1. The molecule has 2 rings (SSSR count). The van der Waals surface area contributed by atoms with Crippen molar-refractivity contribution in [1.82, 2.24) is 9.88 Å². The summed E-state index contributed by atoms with van der Waals surface area (Å²) in [5, 5.41) is 0.649. The van der Waals surface area contributed by atoms with Gasteiger partial charge in [0.15, 0.2) is 0 Å². The number of aromatic nitrogens is 1. The Balaban J connectivity index is 2.22. The lowest BCUT2D eigenvalue weighted by Gasteiger charge is -2.34. The number of rotatable bonds is 1. The Labute approximate surface area is 117 Å². The number of nitrogens with zero attached hydrogens (tertiary/aromatic N) is 2. The van der Waals surface area contributed by atoms with Gasteiger partial charge in [-0.2, -0.15) is 0 Å². The van der Waals surface area contributed by atoms with E-state index in [1.165, 1.54) is 0 Å². The third kappa shape index (κ3) is 2.96. The summed E-state index contributed by atoms with van der Waals surface area (Å²) in [6.07, 6.45) is 1.15. The minimum atomic E-state index is -0.124. The zero-order valence-corrected chi connectivity index (χ0v) is 12.0. The molecule has 5 heteroatoms. The van der Waals surface area contributed by atoms with Crippen molar-refractivity contribution in [3.8, 4) is 0 Å². The normalized spacial score (nSPS) is 24.1. The number of amides is 1. The van der Waals surface area contributed by atoms with Gasteiger partial charge in [0.05, 0.1) is 5.02 Å². The molecule has 0 radical (unpaired) electrons. The highest BCUT2D eigenvalue weighted by atomic mass is 35.5. The van der Waals surface area contributed by atoms with Crippen LogP contribution in [0.3, 0.4) is 0 Å². The standard InChI is InChI=1S/C13H16Cl2N2O/c1-8-5-9(2)7-17(6-8)13(18)12-10(14)3-4-11(15)16-12/h3-4,8-9H,5-7H2,1-2H3. The third-order valence-electron chi connectivity index (χ3n) is 3.17. The van der Waals surface area contributed by atoms with E-state index in [0.29, 0.717) is 22.0 Å². The van der Waals surface area contributed by atoms with Crippen molar-refractivity contribution in [2.75, 3.05) is 13.1 Å². The van der Waals surface area contributed by atoms with Gasteiger partial charge in [-0.1, -0.05) is 37.0 Å². The predicted octanol–water partition coefficient (Wildman–Crippen LogP) is 3.51. The Hall–Kier alpha value is -0.800. The molecule has 2 heterocycles. The Morgan fingerprint density at radius 3 is 2.50 bits per heavy atom. The first-order valence-corrected chi connectivity index (χ1v) is 6.84. The van der Waals surface area contributed by atoms with Crippen molar-refractivity contribution in [3.05, 3.63) is 28.0 Å². The first-order valence-electron chi connectivity index (χ1n) is 6.08. The van der Waals surface area contributed by atoms with Crippen LogP contribution in [0.2, 0.25) is 10.2 Å². The fraction of sp³-hybridized carbons (Fsp3) is 0.538. The van der Waals surface area contributed by atoms with Crippen molar-refractivity contribution in [2.45, 2.75) is 20.3 Å². The lowest BCUT2D eigenvalue weighted by Crippen LogP contribution is -2.43. The topological polar surface area (TPSA) is 33.2 Å². The molecule has 0 saturated carbocycles. The summed E-state index contributed by atoms with van der Waals surface area (Å²) < 4.78 is 0. The molecule has 2 unspecified atom stereocenters. The van der Waals surface area contributed by atoms with Crippen molar-refractivity contribution in [1.29, 1.82) is 0 Å². The van der Waals surface area contributed by atoms with Crippen molar-refractivity contribution >= 4 is 29.1 Å². The maximum absolute atomic E-state index is 12.4. The van der Waals surface area contributed by atoms with E-state index >= 15 is 0 Å². The molecular formula is C13H16Cl2N2O. The van der Waals surface area contributed by atoms with Crippen molar-refractivity contribution in [2.24, 2.45) is 11.8 Å². The summed E-state index contributed by atoms with van der Waals surface area (Å²) in [6, 6.07) is 3.20. The van der Waals surface area contributed by atoms with E-state index in [0.717, 1.165) is 19.5 Å². The van der Waals surface area contributed by atoms with E-state index in [4.69, 9.17) is 23.2 Å². The van der Waals surface area contributed by atoms with Crippen LogP contribution in [-0.4, -0.2) is 28.9 Å². The van der Waals surface area contributed by atoms with Gasteiger partial charge >= 0.3 is 0 Å². The van der Waals surface area contributed by atoms with Gasteiger partial charge in [-0.15, -0.1) is 0 Å². The fourth-order valence-electron chi connectivity index (χ4n) is 2.55. The monoisotopic (exact) mass is 286 g/mol. The Morgan fingerprint density at radius 1 is 1.28 bits per heavy atom. The van der Waals surface area contributed by atoms with E-state index in [-0.39, 0.29) is 11.6 Å². The molecule has 98 valence electrons. The highest BCUT2D eigenvalue weighted by molar-refractivity contribution is 6.34. The second-order valence-corrected chi connectivity index (χ2v) is 5.92. The average Bonchev–Trinajstić information content (AvgIpc) is 2.30. The molecule has 1 aliphatic rings. The van der Waals surface area contributed by atoms with Gasteiger partial charge in [0, 0.05) is 13.1 Å². The smallest absolute Gasteiger partial charge is 0.274 e. The molecule has 0 spiro atoms. The van der Waals surface area contributed by atoms with Crippen LogP contribution in [0.1, 0.15) is 30.8 Å². The summed E-state index contributed by atoms with van der Waals surface area (Å²) >= 11 is 11.8. The van der Waals surface area contributed by atoms with E-state index < -0.39 is 0 Å². The molecule has 0 bridgehead atoms. The lowest BCUT2D eigenvalue weighted by molar-refractivity contribution is 0.0617. The number of carbonyl (C=O) groups is 1. The third-order valence-corrected chi connectivity index (χ3v) is 3.69. The van der Waals surface area contributed by atoms with Gasteiger partial charge in [0.1, 0.15) is 10.8 Å². The lowest BCUT2D eigenvalue weighted by atomic mass is 9.92. The van der Waals surface area contributed by atoms with Gasteiger partial charge < -0.3 is 4.90 Å². The Kier molecular flexibility index (Phi) is 4.13. The number of hydrogen-bond acceptors (Lipinski definition) is 2. The molecule has 1 aromatic heterocycles. The van der Waals surface area contributed by atoms with Crippen LogP contribution < -0.4 is 0 Å². The van der Waals surface area contributed by atoms with E-state index in [2.05, 4.69) is 18.8 Å². The number of pyridine rings is 1. The molecule has 1 fully saturated rings. The van der Waals surface area contributed by atoms with Crippen molar-refractivity contribution in [3.63, 3.8) is 0 Å². The molecule has 18 heavy (non-hydrogen) atoms. The largest absolute Gasteiger partial charge is 0.337 e. The Morgan fingerprint density at radius 2 is 1.89 bits per heavy atom. The van der Waals surface area contributed by atoms with Gasteiger partial charge in [0.25, 0.3) is 5.91 Å². The first kappa shape index (κ1) is 13.6. The molecule has 1 aromatic rings. The van der Waals surface area contributed by atoms with Gasteiger partial charge in [0.2, 0.25) is 0 Å². The minimum Gasteiger partial charge on any atom is -0.337 e. The molecular weight excluding hydrogens is 271 g/mol. The minimum absolute atomic E-state index is 0.124. The van der Waals surface area contributed by atoms with Crippen LogP contribution in [0.5, 0.6) is 0 Å². The maximum Gasteiger partial charge on any atom is 0.274 e. The predicted molar refractivity (Wildman–Crippen MR) is 73.1 cm³/mol. The van der Waals surface area contributed by atoms with Gasteiger partial charge in [-0.05, 0) is 30.4 Å². The van der Waals surface area contributed by atoms with E-state index in [9.17, 15) is 4.79 Å². The van der Waals surface area contributed by atoms with Gasteiger partial charge in [-0.25, -0.2) is 4.98 Å². The van der Waals surface area contributed by atoms with Crippen LogP contribution in [0, 0.1) is 11.8 Å². The summed E-state index contributed by atoms with van der Waals surface area (Å²) in [5.41, 5.74) is 0.255. The van der Waals surface area contributed by atoms with Crippen LogP contribution in [0.4, 0.5) is 0 Å². The van der Waals surface area contributed by atoms with Gasteiger partial charge in [-0.3, -0.25) is 4.79 Å². The second kappa shape index (κ2) is 5.45. The van der Waals surface area contributed by atoms with Crippen molar-refractivity contribution < 1.29 is 4.79 Å². The molecule has 0 aromatic carbocycles. The quantitative estimate of drug-likeness (QED) is 0.741.